The summed E-state index contributed by atoms with van der Waals surface area (Å²) in [7, 11) is 0. The second-order valence-corrected chi connectivity index (χ2v) is 2.27. The predicted molar refractivity (Wildman–Crippen MR) is 38.7 cm³/mol. The van der Waals surface area contributed by atoms with E-state index in [2.05, 4.69) is 4.99 Å². The van der Waals surface area contributed by atoms with Gasteiger partial charge in [0.15, 0.2) is 11.5 Å². The maximum Gasteiger partial charge on any atom is 0.245 e. The van der Waals surface area contributed by atoms with Gasteiger partial charge >= 0.3 is 0 Å². The van der Waals surface area contributed by atoms with E-state index in [1.807, 2.05) is 0 Å². The van der Waals surface area contributed by atoms with Crippen molar-refractivity contribution in [1.82, 2.24) is 0 Å². The molecule has 0 fully saturated rings. The minimum atomic E-state index is -0.646. The van der Waals surface area contributed by atoms with Gasteiger partial charge in [-0.15, -0.1) is 0 Å². The van der Waals surface area contributed by atoms with Gasteiger partial charge in [-0.2, -0.15) is 0 Å². The number of hydrogen-bond acceptors (Lipinski definition) is 4. The number of nitrogens with zero attached hydrogens (tertiary/aromatic N) is 1. The first-order chi connectivity index (χ1) is 5.25. The zero-order valence-electron chi connectivity index (χ0n) is 5.65. The van der Waals surface area contributed by atoms with E-state index >= 15 is 0 Å². The molecule has 1 aliphatic heterocycles. The molecule has 2 N–H and O–H groups in total. The van der Waals surface area contributed by atoms with Crippen molar-refractivity contribution in [2.45, 2.75) is 6.35 Å². The maximum absolute atomic E-state index is 10.8. The van der Waals surface area contributed by atoms with E-state index in [-0.39, 0.29) is 5.78 Å². The van der Waals surface area contributed by atoms with Crippen LogP contribution in [0.4, 0.5) is 0 Å². The van der Waals surface area contributed by atoms with Crippen LogP contribution in [0, 0.1) is 0 Å². The first kappa shape index (κ1) is 6.30. The number of hydrogen-bond donors (Lipinski definition) is 1. The van der Waals surface area contributed by atoms with Crippen molar-refractivity contribution < 1.29 is 9.53 Å². The van der Waals surface area contributed by atoms with Crippen LogP contribution in [0.15, 0.2) is 29.0 Å². The lowest BCUT2D eigenvalue weighted by Crippen LogP contribution is -2.15. The van der Waals surface area contributed by atoms with Gasteiger partial charge in [0.1, 0.15) is 5.71 Å². The summed E-state index contributed by atoms with van der Waals surface area (Å²) < 4.78 is 5.00. The molecule has 2 aliphatic rings. The van der Waals surface area contributed by atoms with Gasteiger partial charge in [0, 0.05) is 6.08 Å². The maximum atomic E-state index is 10.8. The third kappa shape index (κ3) is 0.969. The molecule has 0 radical (unpaired) electrons. The number of carbonyl (C=O) groups excluding carboxylic acids is 1. The van der Waals surface area contributed by atoms with E-state index in [9.17, 15) is 4.79 Å². The average Bonchev–Trinajstić information content (AvgIpc) is 2.27. The number of aliphatic imine (C=N–C) groups is 1. The molecule has 0 spiro atoms. The molecule has 0 bridgehead atoms. The Balaban J connectivity index is 2.39. The second kappa shape index (κ2) is 2.03. The van der Waals surface area contributed by atoms with Gasteiger partial charge in [0.2, 0.25) is 6.35 Å². The zero-order chi connectivity index (χ0) is 7.84. The van der Waals surface area contributed by atoms with Crippen molar-refractivity contribution in [1.29, 1.82) is 0 Å². The fourth-order valence-corrected chi connectivity index (χ4v) is 0.989. The molecule has 0 amide bonds. The quantitative estimate of drug-likeness (QED) is 0.483. The topological polar surface area (TPSA) is 64.7 Å². The molecule has 1 aliphatic carbocycles. The highest BCUT2D eigenvalue weighted by molar-refractivity contribution is 6.19. The highest BCUT2D eigenvalue weighted by atomic mass is 16.5. The fourth-order valence-electron chi connectivity index (χ4n) is 0.989. The molecule has 4 nitrogen and oxygen atoms in total. The lowest BCUT2D eigenvalue weighted by atomic mass is 10.1. The zero-order valence-corrected chi connectivity index (χ0v) is 5.65. The van der Waals surface area contributed by atoms with Gasteiger partial charge in [-0.1, -0.05) is 0 Å². The van der Waals surface area contributed by atoms with Crippen LogP contribution >= 0.6 is 0 Å². The Kier molecular flexibility index (Phi) is 1.16. The molecular formula is C7H6N2O2. The summed E-state index contributed by atoms with van der Waals surface area (Å²) in [5.74, 6) is 0.387. The van der Waals surface area contributed by atoms with Crippen LogP contribution in [-0.2, 0) is 9.53 Å². The Hall–Kier alpha value is -1.42. The number of ketones is 1. The monoisotopic (exact) mass is 150 g/mol. The number of carbonyl (C=O) groups is 1. The van der Waals surface area contributed by atoms with Gasteiger partial charge in [0.05, 0.1) is 0 Å². The molecule has 4 heteroatoms. The molecule has 0 aromatic heterocycles. The van der Waals surface area contributed by atoms with Crippen LogP contribution in [-0.4, -0.2) is 17.8 Å². The van der Waals surface area contributed by atoms with Gasteiger partial charge < -0.3 is 4.74 Å². The molecular weight excluding hydrogens is 144 g/mol. The first-order valence-electron chi connectivity index (χ1n) is 3.20. The number of allylic oxidation sites excluding steroid dienone is 3. The van der Waals surface area contributed by atoms with Crippen molar-refractivity contribution >= 4 is 11.5 Å². The van der Waals surface area contributed by atoms with Crippen molar-refractivity contribution in [2.75, 3.05) is 0 Å². The molecule has 2 rings (SSSR count). The van der Waals surface area contributed by atoms with Gasteiger partial charge in [-0.25, -0.2) is 4.99 Å². The van der Waals surface area contributed by atoms with Crippen LogP contribution in [0.1, 0.15) is 0 Å². The van der Waals surface area contributed by atoms with Crippen LogP contribution < -0.4 is 5.73 Å². The van der Waals surface area contributed by atoms with Crippen molar-refractivity contribution in [3.05, 3.63) is 24.0 Å². The smallest absolute Gasteiger partial charge is 0.245 e. The van der Waals surface area contributed by atoms with Crippen LogP contribution in [0.5, 0.6) is 0 Å². The molecule has 1 unspecified atom stereocenters. The third-order valence-electron chi connectivity index (χ3n) is 1.45. The molecule has 0 aromatic carbocycles. The Morgan fingerprint density at radius 2 is 2.36 bits per heavy atom. The van der Waals surface area contributed by atoms with Crippen LogP contribution in [0.25, 0.3) is 0 Å². The largest absolute Gasteiger partial charge is 0.453 e. The summed E-state index contributed by atoms with van der Waals surface area (Å²) in [4.78, 5) is 14.7. The third-order valence-corrected chi connectivity index (χ3v) is 1.45. The number of ether oxygens (including phenoxy) is 1. The second-order valence-electron chi connectivity index (χ2n) is 2.27. The molecule has 56 valence electrons. The highest BCUT2D eigenvalue weighted by Gasteiger charge is 2.21. The highest BCUT2D eigenvalue weighted by Crippen LogP contribution is 2.16. The van der Waals surface area contributed by atoms with E-state index in [0.29, 0.717) is 11.5 Å². The van der Waals surface area contributed by atoms with E-state index < -0.39 is 6.35 Å². The molecule has 0 aromatic rings. The van der Waals surface area contributed by atoms with Gasteiger partial charge in [0.25, 0.3) is 0 Å². The van der Waals surface area contributed by atoms with E-state index in [1.54, 1.807) is 6.08 Å². The summed E-state index contributed by atoms with van der Waals surface area (Å²) in [6, 6.07) is 0. The van der Waals surface area contributed by atoms with Crippen LogP contribution in [0.2, 0.25) is 0 Å². The van der Waals surface area contributed by atoms with Crippen molar-refractivity contribution in [3.8, 4) is 0 Å². The molecule has 0 saturated heterocycles. The van der Waals surface area contributed by atoms with E-state index in [1.165, 1.54) is 12.2 Å². The Bertz CT molecular complexity index is 302. The standard InChI is InChI=1S/C7H6N2O2/c8-7-9-5-2-1-4(10)3-6(5)11-7/h1-3,7H,8H2. The lowest BCUT2D eigenvalue weighted by molar-refractivity contribution is -0.110. The Morgan fingerprint density at radius 3 is 3.18 bits per heavy atom. The van der Waals surface area contributed by atoms with Crippen molar-refractivity contribution in [2.24, 2.45) is 10.7 Å². The molecule has 1 atom stereocenters. The lowest BCUT2D eigenvalue weighted by Gasteiger charge is -2.03. The summed E-state index contributed by atoms with van der Waals surface area (Å²) in [6.07, 6.45) is 3.77. The Labute approximate surface area is 63.0 Å². The summed E-state index contributed by atoms with van der Waals surface area (Å²) in [6.45, 7) is 0. The van der Waals surface area contributed by atoms with Gasteiger partial charge in [-0.3, -0.25) is 10.5 Å². The van der Waals surface area contributed by atoms with E-state index in [4.69, 9.17) is 10.5 Å². The minimum Gasteiger partial charge on any atom is -0.453 e. The molecule has 0 saturated carbocycles. The van der Waals surface area contributed by atoms with Crippen molar-refractivity contribution in [3.63, 3.8) is 0 Å². The number of fused-ring (bicyclic) bond motifs is 1. The van der Waals surface area contributed by atoms with Gasteiger partial charge in [-0.05, 0) is 12.2 Å². The average molecular weight is 150 g/mol. The SMILES string of the molecule is NC1N=C2C=CC(=O)C=C2O1. The summed E-state index contributed by atoms with van der Waals surface area (Å²) >= 11 is 0. The molecule has 1 heterocycles. The molecule has 11 heavy (non-hydrogen) atoms. The first-order valence-corrected chi connectivity index (χ1v) is 3.20. The fraction of sp³-hybridized carbons (Fsp3) is 0.143. The minimum absolute atomic E-state index is 0.0898. The Morgan fingerprint density at radius 1 is 1.55 bits per heavy atom. The number of rotatable bonds is 0. The normalized spacial score (nSPS) is 27.4. The summed E-state index contributed by atoms with van der Waals surface area (Å²) in [5, 5.41) is 0. The predicted octanol–water partition coefficient (Wildman–Crippen LogP) is -0.277. The van der Waals surface area contributed by atoms with Crippen LogP contribution in [0.3, 0.4) is 0 Å². The summed E-state index contributed by atoms with van der Waals surface area (Å²) in [5.41, 5.74) is 5.99. The number of nitrogens with two attached hydrogens (primary N) is 1. The van der Waals surface area contributed by atoms with E-state index in [0.717, 1.165) is 0 Å².